The molecule has 0 fully saturated rings. The van der Waals surface area contributed by atoms with Gasteiger partial charge in [-0.3, -0.25) is 10.1 Å². The summed E-state index contributed by atoms with van der Waals surface area (Å²) in [4.78, 5) is 22.8. The number of aryl methyl sites for hydroxylation is 1. The van der Waals surface area contributed by atoms with Crippen molar-refractivity contribution in [3.63, 3.8) is 0 Å². The minimum Gasteiger partial charge on any atom is -0.465 e. The maximum absolute atomic E-state index is 13.5. The zero-order valence-corrected chi connectivity index (χ0v) is 14.1. The lowest BCUT2D eigenvalue weighted by atomic mass is 10.1. The molecule has 8 heteroatoms. The van der Waals surface area contributed by atoms with Gasteiger partial charge in [-0.15, -0.1) is 11.3 Å². The van der Waals surface area contributed by atoms with Crippen LogP contribution in [0.1, 0.15) is 15.9 Å². The highest BCUT2D eigenvalue weighted by Gasteiger charge is 2.23. The first-order valence-corrected chi connectivity index (χ1v) is 8.05. The van der Waals surface area contributed by atoms with E-state index >= 15 is 0 Å². The maximum atomic E-state index is 13.5. The van der Waals surface area contributed by atoms with Crippen molar-refractivity contribution in [3.8, 4) is 0 Å². The van der Waals surface area contributed by atoms with E-state index in [9.17, 15) is 19.3 Å². The topological polar surface area (TPSA) is 81.5 Å². The molecule has 1 aromatic heterocycles. The molecular formula is C17H13FN2O4S. The molecule has 0 spiro atoms. The number of thiophene rings is 1. The molecule has 0 saturated heterocycles. The third kappa shape index (κ3) is 3.16. The summed E-state index contributed by atoms with van der Waals surface area (Å²) in [7, 11) is 1.26. The smallest absolute Gasteiger partial charge is 0.341 e. The summed E-state index contributed by atoms with van der Waals surface area (Å²) in [6, 6.07) is 8.70. The Morgan fingerprint density at radius 1 is 1.28 bits per heavy atom. The van der Waals surface area contributed by atoms with Crippen LogP contribution in [0, 0.1) is 22.9 Å². The molecule has 3 aromatic rings. The van der Waals surface area contributed by atoms with Gasteiger partial charge in [-0.05, 0) is 25.1 Å². The summed E-state index contributed by atoms with van der Waals surface area (Å²) in [6.07, 6.45) is 0. The number of nitrogens with zero attached hydrogens (tertiary/aromatic N) is 1. The lowest BCUT2D eigenvalue weighted by Crippen LogP contribution is -2.04. The predicted octanol–water partition coefficient (Wildman–Crippen LogP) is 4.79. The van der Waals surface area contributed by atoms with Crippen LogP contribution < -0.4 is 5.32 Å². The van der Waals surface area contributed by atoms with E-state index in [1.54, 1.807) is 0 Å². The highest BCUT2D eigenvalue weighted by atomic mass is 32.1. The van der Waals surface area contributed by atoms with E-state index in [1.165, 1.54) is 18.4 Å². The molecule has 0 saturated carbocycles. The molecule has 0 unspecified atom stereocenters. The van der Waals surface area contributed by atoms with Crippen LogP contribution in [0.25, 0.3) is 10.1 Å². The molecule has 0 aliphatic heterocycles. The molecular weight excluding hydrogens is 347 g/mol. The van der Waals surface area contributed by atoms with E-state index in [2.05, 4.69) is 5.32 Å². The van der Waals surface area contributed by atoms with Gasteiger partial charge >= 0.3 is 5.97 Å². The molecule has 2 aromatic carbocycles. The second-order valence-electron chi connectivity index (χ2n) is 5.34. The van der Waals surface area contributed by atoms with Crippen LogP contribution in [0.4, 0.5) is 20.8 Å². The van der Waals surface area contributed by atoms with Gasteiger partial charge < -0.3 is 10.1 Å². The van der Waals surface area contributed by atoms with Gasteiger partial charge in [0, 0.05) is 22.2 Å². The van der Waals surface area contributed by atoms with E-state index in [4.69, 9.17) is 4.74 Å². The molecule has 6 nitrogen and oxygen atoms in total. The van der Waals surface area contributed by atoms with Crippen molar-refractivity contribution in [1.29, 1.82) is 0 Å². The number of carbonyl (C=O) groups excluding carboxylic acids is 1. The molecule has 0 radical (unpaired) electrons. The summed E-state index contributed by atoms with van der Waals surface area (Å²) in [5.41, 5.74) is 0.910. The molecule has 0 amide bonds. The van der Waals surface area contributed by atoms with Crippen LogP contribution in [0.5, 0.6) is 0 Å². The van der Waals surface area contributed by atoms with Crippen molar-refractivity contribution in [3.05, 3.63) is 63.5 Å². The van der Waals surface area contributed by atoms with Gasteiger partial charge in [0.05, 0.1) is 12.0 Å². The van der Waals surface area contributed by atoms with Gasteiger partial charge in [0.15, 0.2) is 0 Å². The number of ether oxygens (including phenoxy) is 1. The number of nitrogens with one attached hydrogen (secondary N) is 1. The fourth-order valence-corrected chi connectivity index (χ4v) is 3.58. The quantitative estimate of drug-likeness (QED) is 0.411. The minimum absolute atomic E-state index is 0.0292. The highest BCUT2D eigenvalue weighted by molar-refractivity contribution is 7.23. The molecule has 0 aliphatic rings. The number of fused-ring (bicyclic) bond motifs is 1. The first-order chi connectivity index (χ1) is 11.9. The van der Waals surface area contributed by atoms with Crippen molar-refractivity contribution in [2.24, 2.45) is 0 Å². The standard InChI is InChI=1S/C17H13FN2O4S/c1-9-3-6-14-11(7-9)15(17(21)24-2)16(25-14)19-12-8-10(18)4-5-13(12)20(22)23/h3-8,19H,1-2H3. The second-order valence-corrected chi connectivity index (χ2v) is 6.39. The van der Waals surface area contributed by atoms with Gasteiger partial charge in [0.1, 0.15) is 22.1 Å². The Morgan fingerprint density at radius 2 is 2.04 bits per heavy atom. The third-order valence-corrected chi connectivity index (χ3v) is 4.72. The Balaban J connectivity index is 2.18. The molecule has 0 aliphatic carbocycles. The third-order valence-electron chi connectivity index (χ3n) is 3.64. The van der Waals surface area contributed by atoms with Crippen molar-refractivity contribution in [1.82, 2.24) is 0 Å². The number of hydrogen-bond acceptors (Lipinski definition) is 6. The number of nitro benzene ring substituents is 1. The average Bonchev–Trinajstić information content (AvgIpc) is 2.91. The SMILES string of the molecule is COC(=O)c1c(Nc2cc(F)ccc2[N+](=O)[O-])sc2ccc(C)cc12. The van der Waals surface area contributed by atoms with Crippen LogP contribution in [-0.2, 0) is 4.74 Å². The van der Waals surface area contributed by atoms with Crippen molar-refractivity contribution in [2.75, 3.05) is 12.4 Å². The number of halogens is 1. The van der Waals surface area contributed by atoms with Gasteiger partial charge in [-0.1, -0.05) is 11.6 Å². The Bertz CT molecular complexity index is 1000. The van der Waals surface area contributed by atoms with E-state index in [0.29, 0.717) is 10.4 Å². The number of esters is 1. The molecule has 3 rings (SSSR count). The van der Waals surface area contributed by atoms with Crippen LogP contribution in [-0.4, -0.2) is 18.0 Å². The number of carbonyl (C=O) groups is 1. The Morgan fingerprint density at radius 3 is 2.72 bits per heavy atom. The Hall–Kier alpha value is -3.00. The fourth-order valence-electron chi connectivity index (χ4n) is 2.49. The molecule has 1 heterocycles. The van der Waals surface area contributed by atoms with Gasteiger partial charge in [-0.2, -0.15) is 0 Å². The zero-order valence-electron chi connectivity index (χ0n) is 13.3. The minimum atomic E-state index is -0.621. The van der Waals surface area contributed by atoms with Crippen LogP contribution in [0.2, 0.25) is 0 Å². The number of benzene rings is 2. The lowest BCUT2D eigenvalue weighted by molar-refractivity contribution is -0.384. The highest BCUT2D eigenvalue weighted by Crippen LogP contribution is 2.40. The summed E-state index contributed by atoms with van der Waals surface area (Å²) in [6.45, 7) is 1.89. The van der Waals surface area contributed by atoms with E-state index in [1.807, 2.05) is 25.1 Å². The monoisotopic (exact) mass is 360 g/mol. The van der Waals surface area contributed by atoms with Crippen LogP contribution in [0.15, 0.2) is 36.4 Å². The van der Waals surface area contributed by atoms with E-state index < -0.39 is 16.7 Å². The first-order valence-electron chi connectivity index (χ1n) is 7.23. The summed E-state index contributed by atoms with van der Waals surface area (Å²) in [5.74, 6) is -1.19. The van der Waals surface area contributed by atoms with E-state index in [-0.39, 0.29) is 16.9 Å². The fraction of sp³-hybridized carbons (Fsp3) is 0.118. The molecule has 0 atom stereocenters. The van der Waals surface area contributed by atoms with Crippen LogP contribution >= 0.6 is 11.3 Å². The van der Waals surface area contributed by atoms with Gasteiger partial charge in [0.2, 0.25) is 0 Å². The number of methoxy groups -OCH3 is 1. The van der Waals surface area contributed by atoms with Crippen molar-refractivity contribution in [2.45, 2.75) is 6.92 Å². The van der Waals surface area contributed by atoms with E-state index in [0.717, 1.165) is 28.5 Å². The average molecular weight is 360 g/mol. The molecule has 0 bridgehead atoms. The number of rotatable bonds is 4. The Labute approximate surface area is 146 Å². The summed E-state index contributed by atoms with van der Waals surface area (Å²) in [5, 5.41) is 15.0. The largest absolute Gasteiger partial charge is 0.465 e. The molecule has 25 heavy (non-hydrogen) atoms. The second kappa shape index (κ2) is 6.48. The number of nitro groups is 1. The van der Waals surface area contributed by atoms with Crippen molar-refractivity contribution < 1.29 is 18.8 Å². The first kappa shape index (κ1) is 16.8. The zero-order chi connectivity index (χ0) is 18.1. The van der Waals surface area contributed by atoms with Gasteiger partial charge in [-0.25, -0.2) is 9.18 Å². The maximum Gasteiger partial charge on any atom is 0.341 e. The number of anilines is 2. The number of hydrogen-bond donors (Lipinski definition) is 1. The molecule has 128 valence electrons. The summed E-state index contributed by atoms with van der Waals surface area (Å²) >= 11 is 1.24. The Kier molecular flexibility index (Phi) is 4.37. The predicted molar refractivity (Wildman–Crippen MR) is 94.2 cm³/mol. The summed E-state index contributed by atoms with van der Waals surface area (Å²) < 4.78 is 19.2. The van der Waals surface area contributed by atoms with Gasteiger partial charge in [0.25, 0.3) is 5.69 Å². The van der Waals surface area contributed by atoms with Crippen molar-refractivity contribution >= 4 is 43.8 Å². The normalized spacial score (nSPS) is 10.7. The van der Waals surface area contributed by atoms with Crippen LogP contribution in [0.3, 0.4) is 0 Å². The molecule has 1 N–H and O–H groups in total. The lowest BCUT2D eigenvalue weighted by Gasteiger charge is -2.07.